The molecule has 0 N–H and O–H groups in total. The first-order valence-electron chi connectivity index (χ1n) is 6.12. The first-order chi connectivity index (χ1) is 9.12. The van der Waals surface area contributed by atoms with Crippen LogP contribution in [0.3, 0.4) is 0 Å². The summed E-state index contributed by atoms with van der Waals surface area (Å²) in [5.74, 6) is -0.209. The number of hydrogen-bond acceptors (Lipinski definition) is 3. The molecule has 110 valence electrons. The van der Waals surface area contributed by atoms with Gasteiger partial charge in [0.25, 0.3) is 0 Å². The van der Waals surface area contributed by atoms with Gasteiger partial charge in [-0.2, -0.15) is 0 Å². The van der Waals surface area contributed by atoms with Crippen molar-refractivity contribution in [2.24, 2.45) is 0 Å². The van der Waals surface area contributed by atoms with Crippen LogP contribution in [0.15, 0.2) is 24.3 Å². The lowest BCUT2D eigenvalue weighted by atomic mass is 9.92. The number of benzene rings is 1. The maximum atomic E-state index is 12.1. The van der Waals surface area contributed by atoms with Gasteiger partial charge in [0.15, 0.2) is 0 Å². The van der Waals surface area contributed by atoms with Crippen LogP contribution >= 0.6 is 22.3 Å². The Balaban J connectivity index is 2.30. The maximum absolute atomic E-state index is 12.1. The van der Waals surface area contributed by atoms with Gasteiger partial charge in [-0.3, -0.25) is 4.79 Å². The lowest BCUT2D eigenvalue weighted by Gasteiger charge is -2.36. The zero-order valence-corrected chi connectivity index (χ0v) is 13.5. The van der Waals surface area contributed by atoms with E-state index >= 15 is 0 Å². The third kappa shape index (κ3) is 2.95. The van der Waals surface area contributed by atoms with Gasteiger partial charge in [-0.05, 0) is 31.5 Å². The largest absolute Gasteiger partial charge is 0.332 e. The average Bonchev–Trinajstić information content (AvgIpc) is 2.72. The number of hydrogen-bond donors (Lipinski definition) is 0. The molecule has 0 aliphatic carbocycles. The maximum Gasteiger partial charge on any atom is 0.237 e. The topological polar surface area (TPSA) is 54.5 Å². The first kappa shape index (κ1) is 15.6. The lowest BCUT2D eigenvalue weighted by molar-refractivity contribution is -0.132. The number of carbonyl (C=O) groups is 1. The summed E-state index contributed by atoms with van der Waals surface area (Å²) in [6, 6.07) is 7.15. The fourth-order valence-electron chi connectivity index (χ4n) is 2.42. The van der Waals surface area contributed by atoms with E-state index in [0.29, 0.717) is 5.02 Å². The molecule has 1 aliphatic heterocycles. The molecule has 7 heteroatoms. The predicted octanol–water partition coefficient (Wildman–Crippen LogP) is 2.74. The van der Waals surface area contributed by atoms with Crippen molar-refractivity contribution in [1.29, 1.82) is 0 Å². The van der Waals surface area contributed by atoms with Gasteiger partial charge < -0.3 is 4.90 Å². The molecule has 1 aliphatic rings. The fraction of sp³-hybridized carbons (Fsp3) is 0.462. The number of rotatable bonds is 3. The molecule has 1 aromatic rings. The van der Waals surface area contributed by atoms with E-state index in [1.165, 1.54) is 0 Å². The van der Waals surface area contributed by atoms with Crippen LogP contribution in [0, 0.1) is 0 Å². The Bertz CT molecular complexity index is 626. The molecule has 1 unspecified atom stereocenters. The van der Waals surface area contributed by atoms with Gasteiger partial charge in [-0.15, -0.1) is 0 Å². The molecule has 0 bridgehead atoms. The number of amides is 1. The summed E-state index contributed by atoms with van der Waals surface area (Å²) in [6.07, 6.45) is -0.0666. The van der Waals surface area contributed by atoms with Crippen molar-refractivity contribution < 1.29 is 13.2 Å². The normalized spacial score (nSPS) is 20.5. The minimum atomic E-state index is -3.73. The van der Waals surface area contributed by atoms with Crippen LogP contribution in [-0.4, -0.2) is 31.0 Å². The number of carbonyl (C=O) groups excluding carboxylic acids is 1. The SMILES string of the molecule is CC(C)(c1ccc(Cl)cc1)N1CC(S(=O)(=O)Cl)CC1=O. The Morgan fingerprint density at radius 2 is 1.80 bits per heavy atom. The van der Waals surface area contributed by atoms with Crippen LogP contribution < -0.4 is 0 Å². The summed E-state index contributed by atoms with van der Waals surface area (Å²) in [7, 11) is 1.63. The van der Waals surface area contributed by atoms with E-state index in [4.69, 9.17) is 22.3 Å². The molecule has 1 atom stereocenters. The van der Waals surface area contributed by atoms with Gasteiger partial charge >= 0.3 is 0 Å². The molecule has 0 aromatic heterocycles. The third-order valence-corrected chi connectivity index (χ3v) is 5.83. The summed E-state index contributed by atoms with van der Waals surface area (Å²) >= 11 is 5.86. The van der Waals surface area contributed by atoms with E-state index in [-0.39, 0.29) is 18.9 Å². The quantitative estimate of drug-likeness (QED) is 0.798. The van der Waals surface area contributed by atoms with E-state index in [0.717, 1.165) is 5.56 Å². The van der Waals surface area contributed by atoms with E-state index in [1.54, 1.807) is 17.0 Å². The van der Waals surface area contributed by atoms with Crippen LogP contribution in [0.25, 0.3) is 0 Å². The average molecular weight is 336 g/mol. The smallest absolute Gasteiger partial charge is 0.237 e. The Hall–Kier alpha value is -0.780. The monoisotopic (exact) mass is 335 g/mol. The molecule has 20 heavy (non-hydrogen) atoms. The van der Waals surface area contributed by atoms with E-state index < -0.39 is 19.8 Å². The molecule has 1 amide bonds. The third-order valence-electron chi connectivity index (χ3n) is 3.71. The summed E-state index contributed by atoms with van der Waals surface area (Å²) in [5.41, 5.74) is 0.278. The Morgan fingerprint density at radius 3 is 2.25 bits per heavy atom. The molecule has 1 saturated heterocycles. The van der Waals surface area contributed by atoms with Gasteiger partial charge in [0, 0.05) is 28.7 Å². The van der Waals surface area contributed by atoms with E-state index in [2.05, 4.69) is 0 Å². The second-order valence-electron chi connectivity index (χ2n) is 5.37. The van der Waals surface area contributed by atoms with Gasteiger partial charge in [-0.25, -0.2) is 8.42 Å². The number of nitrogens with zero attached hydrogens (tertiary/aromatic N) is 1. The second kappa shape index (κ2) is 5.20. The van der Waals surface area contributed by atoms with E-state index in [1.807, 2.05) is 26.0 Å². The van der Waals surface area contributed by atoms with Gasteiger partial charge in [0.05, 0.1) is 5.54 Å². The Labute approximate surface area is 128 Å². The van der Waals surface area contributed by atoms with Crippen molar-refractivity contribution in [3.8, 4) is 0 Å². The standard InChI is InChI=1S/C13H15Cl2NO3S/c1-13(2,9-3-5-10(14)6-4-9)16-8-11(7-12(16)17)20(15,18)19/h3-6,11H,7-8H2,1-2H3. The number of likely N-dealkylation sites (tertiary alicyclic amines) is 1. The molecular formula is C13H15Cl2NO3S. The second-order valence-corrected chi connectivity index (χ2v) is 8.72. The highest BCUT2D eigenvalue weighted by molar-refractivity contribution is 8.14. The van der Waals surface area contributed by atoms with Crippen LogP contribution in [0.4, 0.5) is 0 Å². The summed E-state index contributed by atoms with van der Waals surface area (Å²) < 4.78 is 22.8. The fourth-order valence-corrected chi connectivity index (χ4v) is 3.57. The van der Waals surface area contributed by atoms with Crippen molar-refractivity contribution >= 4 is 37.2 Å². The molecule has 1 heterocycles. The molecule has 2 rings (SSSR count). The summed E-state index contributed by atoms with van der Waals surface area (Å²) in [4.78, 5) is 13.7. The van der Waals surface area contributed by atoms with Crippen LogP contribution in [-0.2, 0) is 19.4 Å². The Kier molecular flexibility index (Phi) is 4.06. The lowest BCUT2D eigenvalue weighted by Crippen LogP contribution is -2.43. The van der Waals surface area contributed by atoms with Crippen molar-refractivity contribution in [3.63, 3.8) is 0 Å². The molecule has 0 spiro atoms. The molecule has 0 radical (unpaired) electrons. The summed E-state index contributed by atoms with van der Waals surface area (Å²) in [6.45, 7) is 3.86. The van der Waals surface area contributed by atoms with Crippen molar-refractivity contribution in [1.82, 2.24) is 4.90 Å². The molecular weight excluding hydrogens is 321 g/mol. The minimum Gasteiger partial charge on any atom is -0.332 e. The molecule has 1 fully saturated rings. The van der Waals surface area contributed by atoms with Gasteiger partial charge in [0.2, 0.25) is 15.0 Å². The predicted molar refractivity (Wildman–Crippen MR) is 79.4 cm³/mol. The Morgan fingerprint density at radius 1 is 1.25 bits per heavy atom. The zero-order chi connectivity index (χ0) is 15.1. The number of halogens is 2. The van der Waals surface area contributed by atoms with Crippen molar-refractivity contribution in [2.75, 3.05) is 6.54 Å². The van der Waals surface area contributed by atoms with Crippen LogP contribution in [0.1, 0.15) is 25.8 Å². The molecule has 4 nitrogen and oxygen atoms in total. The highest BCUT2D eigenvalue weighted by Gasteiger charge is 2.43. The minimum absolute atomic E-state index is 0.0666. The van der Waals surface area contributed by atoms with E-state index in [9.17, 15) is 13.2 Å². The van der Waals surface area contributed by atoms with Gasteiger partial charge in [-0.1, -0.05) is 23.7 Å². The van der Waals surface area contributed by atoms with Gasteiger partial charge in [0.1, 0.15) is 5.25 Å². The van der Waals surface area contributed by atoms with Crippen molar-refractivity contribution in [3.05, 3.63) is 34.9 Å². The molecule has 0 saturated carbocycles. The van der Waals surface area contributed by atoms with Crippen LogP contribution in [0.5, 0.6) is 0 Å². The highest BCUT2D eigenvalue weighted by Crippen LogP contribution is 2.34. The first-order valence-corrected chi connectivity index (χ1v) is 8.87. The molecule has 1 aromatic carbocycles. The summed E-state index contributed by atoms with van der Waals surface area (Å²) in [5, 5.41) is -0.234. The zero-order valence-electron chi connectivity index (χ0n) is 11.1. The van der Waals surface area contributed by atoms with Crippen molar-refractivity contribution in [2.45, 2.75) is 31.1 Å². The van der Waals surface area contributed by atoms with Crippen LogP contribution in [0.2, 0.25) is 5.02 Å². The highest BCUT2D eigenvalue weighted by atomic mass is 35.7.